The minimum Gasteiger partial charge on any atom is -0.432 e. The van der Waals surface area contributed by atoms with Crippen molar-refractivity contribution < 1.29 is 39.8 Å². The third-order valence-corrected chi connectivity index (χ3v) is 15.5. The van der Waals surface area contributed by atoms with Gasteiger partial charge in [-0.15, -0.1) is 0 Å². The number of esters is 1. The molecule has 0 aromatic rings. The van der Waals surface area contributed by atoms with Crippen molar-refractivity contribution >= 4 is 5.97 Å². The molecule has 6 rings (SSSR count). The molecular weight excluding hydrogens is 560 g/mol. The number of ether oxygens (including phenoxy) is 2. The molecule has 1 aliphatic heterocycles. The Kier molecular flexibility index (Phi) is 8.03. The van der Waals surface area contributed by atoms with E-state index in [-0.39, 0.29) is 39.6 Å². The molecule has 15 atom stereocenters. The van der Waals surface area contributed by atoms with Gasteiger partial charge in [-0.1, -0.05) is 46.8 Å². The zero-order chi connectivity index (χ0) is 32.2. The van der Waals surface area contributed by atoms with E-state index in [9.17, 15) is 30.3 Å². The van der Waals surface area contributed by atoms with Crippen molar-refractivity contribution in [3.8, 4) is 0 Å². The number of aliphatic hydroxyl groups excluding tert-OH is 5. The first-order valence-corrected chi connectivity index (χ1v) is 17.3. The first-order chi connectivity index (χ1) is 20.5. The van der Waals surface area contributed by atoms with Crippen LogP contribution in [0.2, 0.25) is 0 Å². The average molecular weight is 619 g/mol. The maximum Gasteiger partial charge on any atom is 0.314 e. The second-order valence-corrected chi connectivity index (χ2v) is 17.3. The minimum absolute atomic E-state index is 0.0275. The molecule has 250 valence electrons. The van der Waals surface area contributed by atoms with Gasteiger partial charge in [-0.05, 0) is 122 Å². The minimum atomic E-state index is -1.61. The summed E-state index contributed by atoms with van der Waals surface area (Å²) in [4.78, 5) is 14.4. The summed E-state index contributed by atoms with van der Waals surface area (Å²) in [6.45, 7) is 18.1. The first kappa shape index (κ1) is 32.9. The van der Waals surface area contributed by atoms with E-state index >= 15 is 0 Å². The molecule has 6 aliphatic rings. The highest BCUT2D eigenvalue weighted by Crippen LogP contribution is 2.77. The van der Waals surface area contributed by atoms with E-state index in [1.165, 1.54) is 0 Å². The van der Waals surface area contributed by atoms with Gasteiger partial charge in [0.15, 0.2) is 0 Å². The second kappa shape index (κ2) is 10.7. The van der Waals surface area contributed by atoms with Crippen LogP contribution in [0.15, 0.2) is 12.2 Å². The zero-order valence-electron chi connectivity index (χ0n) is 27.8. The van der Waals surface area contributed by atoms with Crippen molar-refractivity contribution in [1.82, 2.24) is 0 Å². The highest BCUT2D eigenvalue weighted by Gasteiger charge is 2.72. The molecule has 1 heterocycles. The summed E-state index contributed by atoms with van der Waals surface area (Å²) in [5.74, 6) is 1.21. The Labute approximate surface area is 263 Å². The van der Waals surface area contributed by atoms with Crippen LogP contribution in [-0.2, 0) is 14.3 Å². The fourth-order valence-corrected chi connectivity index (χ4v) is 12.9. The smallest absolute Gasteiger partial charge is 0.314 e. The quantitative estimate of drug-likeness (QED) is 0.232. The standard InChI is InChI=1S/C36H58O8/c1-19(2)20-10-15-36(31(42)44-30-29(41)28(40)27(39)22(18-37)43-30)17-16-34(6)21(26(20)36)8-9-24-33(5)13-12-25(38)32(3,4)23(33)11-14-35(24,34)7/h20-30,37-41H,1,8-18H2,2-7H3/t20-,21+,22+,23-,24+,25-,26+,27-,28-,29+,30-,33-,34+,35+,36-/m0/s1. The number of carbonyl (C=O) groups is 1. The summed E-state index contributed by atoms with van der Waals surface area (Å²) >= 11 is 0. The fourth-order valence-electron chi connectivity index (χ4n) is 12.9. The van der Waals surface area contributed by atoms with Gasteiger partial charge in [0.2, 0.25) is 6.29 Å². The van der Waals surface area contributed by atoms with E-state index in [0.29, 0.717) is 30.6 Å². The van der Waals surface area contributed by atoms with Crippen LogP contribution in [0, 0.1) is 56.7 Å². The molecule has 1 saturated heterocycles. The lowest BCUT2D eigenvalue weighted by Gasteiger charge is -2.72. The average Bonchev–Trinajstić information content (AvgIpc) is 3.37. The zero-order valence-corrected chi connectivity index (χ0v) is 27.8. The van der Waals surface area contributed by atoms with Gasteiger partial charge in [-0.3, -0.25) is 4.79 Å². The van der Waals surface area contributed by atoms with Crippen LogP contribution in [0.1, 0.15) is 106 Å². The number of aliphatic hydroxyl groups is 5. The maximum atomic E-state index is 14.4. The molecular formula is C36H58O8. The molecule has 6 fully saturated rings. The Morgan fingerprint density at radius 2 is 1.52 bits per heavy atom. The van der Waals surface area contributed by atoms with Gasteiger partial charge in [0.1, 0.15) is 24.4 Å². The molecule has 0 aromatic heterocycles. The van der Waals surface area contributed by atoms with Gasteiger partial charge in [0.25, 0.3) is 0 Å². The van der Waals surface area contributed by atoms with Crippen LogP contribution in [-0.4, -0.2) is 74.9 Å². The Morgan fingerprint density at radius 1 is 0.818 bits per heavy atom. The lowest BCUT2D eigenvalue weighted by atomic mass is 9.32. The fraction of sp³-hybridized carbons (Fsp3) is 0.917. The normalized spacial score (nSPS) is 54.8. The van der Waals surface area contributed by atoms with Gasteiger partial charge in [0.05, 0.1) is 18.1 Å². The molecule has 0 spiro atoms. The predicted molar refractivity (Wildman–Crippen MR) is 165 cm³/mol. The highest BCUT2D eigenvalue weighted by molar-refractivity contribution is 5.78. The van der Waals surface area contributed by atoms with Crippen LogP contribution in [0.5, 0.6) is 0 Å². The Bertz CT molecular complexity index is 1150. The summed E-state index contributed by atoms with van der Waals surface area (Å²) in [5, 5.41) is 52.0. The molecule has 44 heavy (non-hydrogen) atoms. The molecule has 5 saturated carbocycles. The number of hydrogen-bond donors (Lipinski definition) is 5. The van der Waals surface area contributed by atoms with Crippen molar-refractivity contribution in [3.63, 3.8) is 0 Å². The molecule has 5 aliphatic carbocycles. The van der Waals surface area contributed by atoms with Gasteiger partial charge < -0.3 is 35.0 Å². The largest absolute Gasteiger partial charge is 0.432 e. The van der Waals surface area contributed by atoms with Crippen molar-refractivity contribution in [2.45, 2.75) is 143 Å². The van der Waals surface area contributed by atoms with Crippen LogP contribution in [0.3, 0.4) is 0 Å². The van der Waals surface area contributed by atoms with E-state index in [0.717, 1.165) is 56.9 Å². The summed E-state index contributed by atoms with van der Waals surface area (Å²) in [7, 11) is 0. The molecule has 5 N–H and O–H groups in total. The lowest BCUT2D eigenvalue weighted by molar-refractivity contribution is -0.299. The molecule has 0 aromatic carbocycles. The van der Waals surface area contributed by atoms with Gasteiger partial charge in [-0.25, -0.2) is 0 Å². The lowest BCUT2D eigenvalue weighted by Crippen LogP contribution is -2.67. The third-order valence-electron chi connectivity index (χ3n) is 15.5. The molecule has 8 heteroatoms. The third kappa shape index (κ3) is 4.26. The number of rotatable bonds is 4. The van der Waals surface area contributed by atoms with Gasteiger partial charge >= 0.3 is 5.97 Å². The van der Waals surface area contributed by atoms with Crippen molar-refractivity contribution in [2.24, 2.45) is 56.7 Å². The number of carbonyl (C=O) groups excluding carboxylic acids is 1. The topological polar surface area (TPSA) is 137 Å². The number of hydrogen-bond acceptors (Lipinski definition) is 8. The summed E-state index contributed by atoms with van der Waals surface area (Å²) in [6.07, 6.45) is 1.96. The van der Waals surface area contributed by atoms with Crippen molar-refractivity contribution in [3.05, 3.63) is 12.2 Å². The van der Waals surface area contributed by atoms with E-state index in [1.54, 1.807) is 0 Å². The van der Waals surface area contributed by atoms with E-state index in [1.807, 2.05) is 0 Å². The first-order valence-electron chi connectivity index (χ1n) is 17.3. The predicted octanol–water partition coefficient (Wildman–Crippen LogP) is 4.35. The maximum absolute atomic E-state index is 14.4. The Balaban J connectivity index is 1.33. The van der Waals surface area contributed by atoms with Gasteiger partial charge in [-0.2, -0.15) is 0 Å². The Morgan fingerprint density at radius 3 is 2.18 bits per heavy atom. The summed E-state index contributed by atoms with van der Waals surface area (Å²) in [5.41, 5.74) is 0.568. The van der Waals surface area contributed by atoms with Crippen LogP contribution in [0.4, 0.5) is 0 Å². The van der Waals surface area contributed by atoms with Crippen LogP contribution in [0.25, 0.3) is 0 Å². The molecule has 0 unspecified atom stereocenters. The second-order valence-electron chi connectivity index (χ2n) is 17.3. The summed E-state index contributed by atoms with van der Waals surface area (Å²) in [6, 6.07) is 0. The van der Waals surface area contributed by atoms with Crippen LogP contribution < -0.4 is 0 Å². The van der Waals surface area contributed by atoms with Gasteiger partial charge in [0, 0.05) is 0 Å². The van der Waals surface area contributed by atoms with E-state index in [4.69, 9.17) is 9.47 Å². The molecule has 0 radical (unpaired) electrons. The number of allylic oxidation sites excluding steroid dienone is 1. The molecule has 0 amide bonds. The molecule has 0 bridgehead atoms. The number of fused-ring (bicyclic) bond motifs is 7. The Hall–Kier alpha value is -1.03. The van der Waals surface area contributed by atoms with Crippen LogP contribution >= 0.6 is 0 Å². The highest BCUT2D eigenvalue weighted by atomic mass is 16.7. The SMILES string of the molecule is C=C(C)[C@@H]1CC[C@]2(C(=O)O[C@@H]3O[C@H](CO)[C@H](O)[C@H](O)[C@H]3O)CC[C@]3(C)[C@H](CC[C@@H]4[C@@]5(C)CC[C@H](O)C(C)(C)[C@@H]5CC[C@]43C)[C@@H]12. The monoisotopic (exact) mass is 618 g/mol. The molecule has 8 nitrogen and oxygen atoms in total. The van der Waals surface area contributed by atoms with Crippen molar-refractivity contribution in [2.75, 3.05) is 6.61 Å². The van der Waals surface area contributed by atoms with E-state index in [2.05, 4.69) is 48.1 Å². The van der Waals surface area contributed by atoms with E-state index < -0.39 is 48.7 Å². The summed E-state index contributed by atoms with van der Waals surface area (Å²) < 4.78 is 11.6. The van der Waals surface area contributed by atoms with Crippen molar-refractivity contribution in [1.29, 1.82) is 0 Å².